The molecule has 1 N–H and O–H groups in total. The predicted octanol–water partition coefficient (Wildman–Crippen LogP) is 4.42. The van der Waals surface area contributed by atoms with E-state index < -0.39 is 0 Å². The molecule has 1 heterocycles. The minimum Gasteiger partial charge on any atom is -0.486 e. The van der Waals surface area contributed by atoms with Crippen molar-refractivity contribution in [1.82, 2.24) is 0 Å². The van der Waals surface area contributed by atoms with Gasteiger partial charge < -0.3 is 14.8 Å². The lowest BCUT2D eigenvalue weighted by Crippen LogP contribution is -2.16. The summed E-state index contributed by atoms with van der Waals surface area (Å²) in [5, 5.41) is 3.46. The average Bonchev–Trinajstić information content (AvgIpc) is 2.50. The highest BCUT2D eigenvalue weighted by Crippen LogP contribution is 2.34. The van der Waals surface area contributed by atoms with Crippen molar-refractivity contribution in [3.05, 3.63) is 52.8 Å². The Hall–Kier alpha value is -1.94. The zero-order chi connectivity index (χ0) is 14.8. The van der Waals surface area contributed by atoms with Crippen molar-refractivity contribution in [2.45, 2.75) is 13.0 Å². The van der Waals surface area contributed by atoms with Crippen LogP contribution in [-0.2, 0) is 0 Å². The van der Waals surface area contributed by atoms with Gasteiger partial charge in [0, 0.05) is 6.04 Å². The van der Waals surface area contributed by atoms with Crippen LogP contribution in [0.5, 0.6) is 11.5 Å². The second kappa shape index (κ2) is 5.82. The van der Waals surface area contributed by atoms with Crippen molar-refractivity contribution in [2.75, 3.05) is 18.5 Å². The molecule has 21 heavy (non-hydrogen) atoms. The third-order valence-electron chi connectivity index (χ3n) is 3.39. The van der Waals surface area contributed by atoms with Gasteiger partial charge in [0.15, 0.2) is 11.5 Å². The van der Waals surface area contributed by atoms with Gasteiger partial charge in [-0.1, -0.05) is 23.7 Å². The highest BCUT2D eigenvalue weighted by atomic mass is 35.5. The van der Waals surface area contributed by atoms with E-state index in [-0.39, 0.29) is 11.9 Å². The van der Waals surface area contributed by atoms with Crippen LogP contribution in [0.4, 0.5) is 10.1 Å². The molecule has 0 spiro atoms. The SMILES string of the molecule is CC(Nc1c(F)cccc1Cl)c1ccc2c(c1)OCCO2. The zero-order valence-corrected chi connectivity index (χ0v) is 12.3. The maximum absolute atomic E-state index is 13.8. The molecule has 2 aromatic rings. The lowest BCUT2D eigenvalue weighted by atomic mass is 10.1. The maximum Gasteiger partial charge on any atom is 0.161 e. The summed E-state index contributed by atoms with van der Waals surface area (Å²) in [7, 11) is 0. The van der Waals surface area contributed by atoms with E-state index in [4.69, 9.17) is 21.1 Å². The van der Waals surface area contributed by atoms with E-state index in [0.717, 1.165) is 11.3 Å². The van der Waals surface area contributed by atoms with E-state index in [2.05, 4.69) is 5.32 Å². The van der Waals surface area contributed by atoms with E-state index in [9.17, 15) is 4.39 Å². The van der Waals surface area contributed by atoms with Crippen LogP contribution in [0.15, 0.2) is 36.4 Å². The Balaban J connectivity index is 1.84. The van der Waals surface area contributed by atoms with Crippen molar-refractivity contribution in [3.63, 3.8) is 0 Å². The van der Waals surface area contributed by atoms with E-state index in [0.29, 0.717) is 29.7 Å². The Labute approximate surface area is 127 Å². The van der Waals surface area contributed by atoms with Crippen LogP contribution in [0, 0.1) is 5.82 Å². The summed E-state index contributed by atoms with van der Waals surface area (Å²) in [6.07, 6.45) is 0. The first-order chi connectivity index (χ1) is 10.1. The Morgan fingerprint density at radius 3 is 2.67 bits per heavy atom. The lowest BCUT2D eigenvalue weighted by Gasteiger charge is -2.22. The highest BCUT2D eigenvalue weighted by molar-refractivity contribution is 6.33. The van der Waals surface area contributed by atoms with Crippen molar-refractivity contribution in [2.24, 2.45) is 0 Å². The van der Waals surface area contributed by atoms with Gasteiger partial charge in [0.25, 0.3) is 0 Å². The smallest absolute Gasteiger partial charge is 0.161 e. The van der Waals surface area contributed by atoms with Gasteiger partial charge in [-0.25, -0.2) is 4.39 Å². The number of para-hydroxylation sites is 1. The summed E-state index contributed by atoms with van der Waals surface area (Å²) in [6.45, 7) is 3.04. The first-order valence-electron chi connectivity index (χ1n) is 6.75. The van der Waals surface area contributed by atoms with Gasteiger partial charge in [0.1, 0.15) is 19.0 Å². The fraction of sp³-hybridized carbons (Fsp3) is 0.250. The number of nitrogens with one attached hydrogen (secondary N) is 1. The molecule has 1 aliphatic heterocycles. The van der Waals surface area contributed by atoms with Crippen LogP contribution in [0.3, 0.4) is 0 Å². The topological polar surface area (TPSA) is 30.5 Å². The normalized spacial score (nSPS) is 14.6. The fourth-order valence-corrected chi connectivity index (χ4v) is 2.48. The van der Waals surface area contributed by atoms with Gasteiger partial charge in [0.05, 0.1) is 10.7 Å². The molecule has 1 atom stereocenters. The molecule has 1 aliphatic rings. The molecule has 0 radical (unpaired) electrons. The van der Waals surface area contributed by atoms with Crippen molar-refractivity contribution in [3.8, 4) is 11.5 Å². The maximum atomic E-state index is 13.8. The van der Waals surface area contributed by atoms with Crippen LogP contribution < -0.4 is 14.8 Å². The lowest BCUT2D eigenvalue weighted by molar-refractivity contribution is 0.171. The van der Waals surface area contributed by atoms with Gasteiger partial charge in [-0.2, -0.15) is 0 Å². The highest BCUT2D eigenvalue weighted by Gasteiger charge is 2.16. The monoisotopic (exact) mass is 307 g/mol. The van der Waals surface area contributed by atoms with E-state index in [1.165, 1.54) is 6.07 Å². The summed E-state index contributed by atoms with van der Waals surface area (Å²) >= 11 is 6.03. The van der Waals surface area contributed by atoms with Crippen LogP contribution in [0.2, 0.25) is 5.02 Å². The van der Waals surface area contributed by atoms with Gasteiger partial charge >= 0.3 is 0 Å². The van der Waals surface area contributed by atoms with Gasteiger partial charge in [-0.15, -0.1) is 0 Å². The summed E-state index contributed by atoms with van der Waals surface area (Å²) < 4.78 is 24.9. The second-order valence-corrected chi connectivity index (χ2v) is 5.27. The predicted molar refractivity (Wildman–Crippen MR) is 80.9 cm³/mol. The van der Waals surface area contributed by atoms with Gasteiger partial charge in [-0.05, 0) is 36.8 Å². The largest absolute Gasteiger partial charge is 0.486 e. The standard InChI is InChI=1S/C16H15ClFNO2/c1-10(19-16-12(17)3-2-4-13(16)18)11-5-6-14-15(9-11)21-8-7-20-14/h2-6,9-10,19H,7-8H2,1H3. The van der Waals surface area contributed by atoms with Crippen molar-refractivity contribution < 1.29 is 13.9 Å². The number of ether oxygens (including phenoxy) is 2. The molecule has 0 aromatic heterocycles. The van der Waals surface area contributed by atoms with Gasteiger partial charge in [-0.3, -0.25) is 0 Å². The van der Waals surface area contributed by atoms with Crippen LogP contribution in [-0.4, -0.2) is 13.2 Å². The molecule has 1 unspecified atom stereocenters. The fourth-order valence-electron chi connectivity index (χ4n) is 2.26. The molecule has 0 bridgehead atoms. The number of hydrogen-bond donors (Lipinski definition) is 1. The number of anilines is 1. The third-order valence-corrected chi connectivity index (χ3v) is 3.70. The molecular formula is C16H15ClFNO2. The Kier molecular flexibility index (Phi) is 3.88. The quantitative estimate of drug-likeness (QED) is 0.910. The number of halogens is 2. The molecule has 0 aliphatic carbocycles. The van der Waals surface area contributed by atoms with Crippen LogP contribution in [0.25, 0.3) is 0 Å². The van der Waals surface area contributed by atoms with E-state index in [1.807, 2.05) is 25.1 Å². The minimum atomic E-state index is -0.369. The van der Waals surface area contributed by atoms with Crippen molar-refractivity contribution in [1.29, 1.82) is 0 Å². The number of hydrogen-bond acceptors (Lipinski definition) is 3. The van der Waals surface area contributed by atoms with E-state index >= 15 is 0 Å². The first-order valence-corrected chi connectivity index (χ1v) is 7.13. The molecule has 5 heteroatoms. The Morgan fingerprint density at radius 1 is 1.14 bits per heavy atom. The summed E-state index contributed by atoms with van der Waals surface area (Å²) in [4.78, 5) is 0. The van der Waals surface area contributed by atoms with Crippen LogP contribution in [0.1, 0.15) is 18.5 Å². The van der Waals surface area contributed by atoms with Crippen LogP contribution >= 0.6 is 11.6 Å². The molecule has 0 fully saturated rings. The van der Waals surface area contributed by atoms with Gasteiger partial charge in [0.2, 0.25) is 0 Å². The summed E-state index contributed by atoms with van der Waals surface area (Å²) in [5.74, 6) is 1.08. The molecule has 3 rings (SSSR count). The second-order valence-electron chi connectivity index (χ2n) is 4.87. The average molecular weight is 308 g/mol. The molecule has 110 valence electrons. The summed E-state index contributed by atoms with van der Waals surface area (Å²) in [6, 6.07) is 10.2. The third kappa shape index (κ3) is 2.90. The first kappa shape index (κ1) is 14.0. The van der Waals surface area contributed by atoms with Crippen molar-refractivity contribution >= 4 is 17.3 Å². The number of benzene rings is 2. The zero-order valence-electron chi connectivity index (χ0n) is 11.5. The minimum absolute atomic E-state index is 0.116. The molecule has 0 amide bonds. The number of rotatable bonds is 3. The molecular weight excluding hydrogens is 293 g/mol. The summed E-state index contributed by atoms with van der Waals surface area (Å²) in [5.41, 5.74) is 1.28. The number of fused-ring (bicyclic) bond motifs is 1. The van der Waals surface area contributed by atoms with E-state index in [1.54, 1.807) is 12.1 Å². The molecule has 0 saturated heterocycles. The Bertz CT molecular complexity index is 642. The molecule has 0 saturated carbocycles. The Morgan fingerprint density at radius 2 is 1.90 bits per heavy atom. The molecule has 3 nitrogen and oxygen atoms in total. The molecule has 2 aromatic carbocycles.